The van der Waals surface area contributed by atoms with Crippen LogP contribution in [0.25, 0.3) is 0 Å². The average Bonchev–Trinajstić information content (AvgIpc) is 2.22. The lowest BCUT2D eigenvalue weighted by Crippen LogP contribution is -1.88. The van der Waals surface area contributed by atoms with Crippen LogP contribution in [0.3, 0.4) is 0 Å². The molecule has 0 N–H and O–H groups in total. The predicted molar refractivity (Wildman–Crippen MR) is 77.4 cm³/mol. The van der Waals surface area contributed by atoms with Gasteiger partial charge in [-0.2, -0.15) is 11.8 Å². The van der Waals surface area contributed by atoms with E-state index in [0.29, 0.717) is 6.61 Å². The highest BCUT2D eigenvalue weighted by atomic mass is 33.1. The van der Waals surface area contributed by atoms with E-state index in [4.69, 9.17) is 4.52 Å². The fraction of sp³-hybridized carbons (Fsp3) is 1.00. The Kier molecular flexibility index (Phi) is 11.3. The zero-order chi connectivity index (χ0) is 11.6. The molecule has 15 heavy (non-hydrogen) atoms. The van der Waals surface area contributed by atoms with Gasteiger partial charge >= 0.3 is 5.77 Å². The van der Waals surface area contributed by atoms with Crippen LogP contribution in [-0.2, 0) is 9.09 Å². The van der Waals surface area contributed by atoms with E-state index >= 15 is 0 Å². The van der Waals surface area contributed by atoms with Gasteiger partial charge in [-0.25, -0.2) is 0 Å². The molecule has 0 heterocycles. The average molecular weight is 288 g/mol. The van der Waals surface area contributed by atoms with Crippen molar-refractivity contribution in [3.05, 3.63) is 0 Å². The molecule has 0 aliphatic heterocycles. The van der Waals surface area contributed by atoms with E-state index in [1.165, 1.54) is 22.8 Å². The van der Waals surface area contributed by atoms with Crippen molar-refractivity contribution < 1.29 is 9.09 Å². The van der Waals surface area contributed by atoms with E-state index in [2.05, 4.69) is 13.2 Å². The van der Waals surface area contributed by atoms with E-state index in [1.54, 1.807) is 0 Å². The summed E-state index contributed by atoms with van der Waals surface area (Å²) in [6.45, 7) is 4.55. The van der Waals surface area contributed by atoms with E-state index in [1.807, 2.05) is 18.7 Å². The summed E-state index contributed by atoms with van der Waals surface area (Å²) in [7, 11) is 0. The van der Waals surface area contributed by atoms with Gasteiger partial charge in [0.2, 0.25) is 0 Å². The van der Waals surface area contributed by atoms with Gasteiger partial charge in [0.05, 0.1) is 6.61 Å². The Morgan fingerprint density at radius 2 is 1.80 bits per heavy atom. The Morgan fingerprint density at radius 3 is 2.33 bits per heavy atom. The first kappa shape index (κ1) is 16.2. The van der Waals surface area contributed by atoms with Gasteiger partial charge in [-0.15, -0.1) is 0 Å². The van der Waals surface area contributed by atoms with Crippen molar-refractivity contribution in [2.24, 2.45) is 0 Å². The first-order chi connectivity index (χ1) is 7.18. The molecule has 0 spiro atoms. The molecule has 0 bridgehead atoms. The number of hydrogen-bond donors (Lipinski definition) is 0. The summed E-state index contributed by atoms with van der Waals surface area (Å²) in [6.07, 6.45) is 4.25. The lowest BCUT2D eigenvalue weighted by Gasteiger charge is -2.15. The van der Waals surface area contributed by atoms with Gasteiger partial charge in [-0.3, -0.25) is 4.57 Å². The molecule has 0 aromatic rings. The Labute approximate surface area is 106 Å². The standard InChI is InChI=1S/C9H21O2PS3/c1-4-7-14-12(10,11-5-2)15-9-6-8-13-3/h4-9H2,1-3H3. The molecule has 0 saturated heterocycles. The molecule has 1 atom stereocenters. The van der Waals surface area contributed by atoms with Crippen molar-refractivity contribution in [1.82, 2.24) is 0 Å². The molecule has 0 saturated carbocycles. The van der Waals surface area contributed by atoms with Crippen molar-refractivity contribution in [3.63, 3.8) is 0 Å². The summed E-state index contributed by atoms with van der Waals surface area (Å²) in [4.78, 5) is 0. The van der Waals surface area contributed by atoms with Crippen LogP contribution >= 0.6 is 40.3 Å². The van der Waals surface area contributed by atoms with Gasteiger partial charge in [0.1, 0.15) is 0 Å². The van der Waals surface area contributed by atoms with Crippen LogP contribution in [0.1, 0.15) is 26.7 Å². The SMILES string of the molecule is CCCSP(=O)(OCC)SCCCSC. The highest BCUT2D eigenvalue weighted by molar-refractivity contribution is 8.89. The van der Waals surface area contributed by atoms with Crippen molar-refractivity contribution in [2.45, 2.75) is 26.7 Å². The fourth-order valence-electron chi connectivity index (χ4n) is 0.853. The molecule has 0 fully saturated rings. The van der Waals surface area contributed by atoms with Crippen molar-refractivity contribution in [1.29, 1.82) is 0 Å². The minimum atomic E-state index is -2.45. The topological polar surface area (TPSA) is 26.3 Å². The van der Waals surface area contributed by atoms with Gasteiger partial charge in [-0.05, 0) is 31.8 Å². The predicted octanol–water partition coefficient (Wildman–Crippen LogP) is 4.76. The molecule has 0 aromatic carbocycles. The zero-order valence-electron chi connectivity index (χ0n) is 9.73. The number of hydrogen-bond acceptors (Lipinski definition) is 5. The molecule has 0 rings (SSSR count). The Balaban J connectivity index is 3.84. The van der Waals surface area contributed by atoms with E-state index in [9.17, 15) is 4.57 Å². The lowest BCUT2D eigenvalue weighted by atomic mass is 10.6. The summed E-state index contributed by atoms with van der Waals surface area (Å²) in [5.74, 6) is 0.547. The maximum Gasteiger partial charge on any atom is 0.313 e. The summed E-state index contributed by atoms with van der Waals surface area (Å²) in [6, 6.07) is 0. The molecule has 2 nitrogen and oxygen atoms in total. The van der Waals surface area contributed by atoms with Crippen LogP contribution in [-0.4, -0.2) is 30.1 Å². The second-order valence-corrected chi connectivity index (χ2v) is 11.5. The van der Waals surface area contributed by atoms with Crippen LogP contribution in [0, 0.1) is 0 Å². The molecule has 0 aromatic heterocycles. The minimum Gasteiger partial charge on any atom is -0.314 e. The van der Waals surface area contributed by atoms with Gasteiger partial charge < -0.3 is 4.52 Å². The van der Waals surface area contributed by atoms with Crippen LogP contribution in [0.2, 0.25) is 0 Å². The second kappa shape index (κ2) is 10.4. The zero-order valence-corrected chi connectivity index (χ0v) is 13.1. The molecular formula is C9H21O2PS3. The molecule has 1 unspecified atom stereocenters. The van der Waals surface area contributed by atoms with Gasteiger partial charge in [0.15, 0.2) is 0 Å². The molecule has 92 valence electrons. The van der Waals surface area contributed by atoms with Gasteiger partial charge in [0, 0.05) is 11.5 Å². The second-order valence-electron chi connectivity index (χ2n) is 2.88. The molecule has 0 aliphatic carbocycles. The molecule has 0 radical (unpaired) electrons. The molecule has 0 aliphatic rings. The van der Waals surface area contributed by atoms with Crippen molar-refractivity contribution in [3.8, 4) is 0 Å². The largest absolute Gasteiger partial charge is 0.314 e. The third-order valence-corrected chi connectivity index (χ3v) is 9.97. The summed E-state index contributed by atoms with van der Waals surface area (Å²) in [5.41, 5.74) is 0. The third-order valence-electron chi connectivity index (χ3n) is 1.48. The summed E-state index contributed by atoms with van der Waals surface area (Å²) in [5, 5.41) is 0. The Hall–Kier alpha value is 1.24. The number of rotatable bonds is 10. The van der Waals surface area contributed by atoms with Crippen LogP contribution in [0.15, 0.2) is 0 Å². The van der Waals surface area contributed by atoms with Crippen molar-refractivity contribution >= 4 is 40.3 Å². The molecular weight excluding hydrogens is 267 g/mol. The maximum absolute atomic E-state index is 12.2. The van der Waals surface area contributed by atoms with Crippen LogP contribution < -0.4 is 0 Å². The van der Waals surface area contributed by atoms with E-state index in [-0.39, 0.29) is 0 Å². The maximum atomic E-state index is 12.2. The fourth-order valence-corrected chi connectivity index (χ4v) is 8.50. The first-order valence-corrected chi connectivity index (χ1v) is 11.4. The first-order valence-electron chi connectivity index (χ1n) is 5.21. The highest BCUT2D eigenvalue weighted by Gasteiger charge is 2.23. The van der Waals surface area contributed by atoms with E-state index < -0.39 is 5.77 Å². The van der Waals surface area contributed by atoms with Crippen LogP contribution in [0.5, 0.6) is 0 Å². The van der Waals surface area contributed by atoms with Gasteiger partial charge in [0.25, 0.3) is 0 Å². The smallest absolute Gasteiger partial charge is 0.313 e. The Bertz CT molecular complexity index is 190. The molecule has 0 amide bonds. The quantitative estimate of drug-likeness (QED) is 0.426. The monoisotopic (exact) mass is 288 g/mol. The lowest BCUT2D eigenvalue weighted by molar-refractivity contribution is 0.357. The third kappa shape index (κ3) is 8.99. The van der Waals surface area contributed by atoms with Crippen LogP contribution in [0.4, 0.5) is 0 Å². The summed E-state index contributed by atoms with van der Waals surface area (Å²) >= 11 is 4.84. The van der Waals surface area contributed by atoms with Crippen molar-refractivity contribution in [2.75, 3.05) is 30.1 Å². The summed E-state index contributed by atoms with van der Waals surface area (Å²) < 4.78 is 17.6. The Morgan fingerprint density at radius 1 is 1.13 bits per heavy atom. The minimum absolute atomic E-state index is 0.545. The number of thioether (sulfide) groups is 1. The van der Waals surface area contributed by atoms with Gasteiger partial charge in [-0.1, -0.05) is 29.7 Å². The van der Waals surface area contributed by atoms with E-state index in [0.717, 1.165) is 30.1 Å². The molecule has 6 heteroatoms. The normalized spacial score (nSPS) is 15.1. The highest BCUT2D eigenvalue weighted by Crippen LogP contribution is 2.69.